The molecule has 1 N–H and O–H groups in total. The predicted molar refractivity (Wildman–Crippen MR) is 117 cm³/mol. The number of likely N-dealkylation sites (N-methyl/N-ethyl adjacent to an activating group) is 1. The van der Waals surface area contributed by atoms with Gasteiger partial charge in [0.15, 0.2) is 5.82 Å². The lowest BCUT2D eigenvalue weighted by atomic mass is 10.0. The van der Waals surface area contributed by atoms with Crippen LogP contribution in [-0.4, -0.2) is 44.4 Å². The number of fused-ring (bicyclic) bond motifs is 1. The summed E-state index contributed by atoms with van der Waals surface area (Å²) in [5, 5.41) is 2.89. The zero-order valence-electron chi connectivity index (χ0n) is 17.0. The van der Waals surface area contributed by atoms with Crippen LogP contribution in [0.15, 0.2) is 79.5 Å². The minimum atomic E-state index is -0.753. The maximum absolute atomic E-state index is 13.2. The average molecular weight is 414 g/mol. The van der Waals surface area contributed by atoms with Crippen LogP contribution >= 0.6 is 0 Å². The van der Waals surface area contributed by atoms with E-state index in [1.165, 1.54) is 17.3 Å². The minimum absolute atomic E-state index is 0.0634. The van der Waals surface area contributed by atoms with Crippen molar-refractivity contribution >= 4 is 28.7 Å². The second-order valence-electron chi connectivity index (χ2n) is 7.13. The molecule has 4 aromatic rings. The number of aromatic nitrogens is 4. The molecule has 0 aliphatic carbocycles. The Kier molecular flexibility index (Phi) is 5.98. The number of hydrogen-bond acceptors (Lipinski definition) is 5. The molecule has 2 aromatic heterocycles. The third kappa shape index (κ3) is 4.75. The molecule has 0 radical (unpaired) electrons. The molecule has 0 aliphatic heterocycles. The van der Waals surface area contributed by atoms with Crippen molar-refractivity contribution < 1.29 is 9.59 Å². The Morgan fingerprint density at radius 1 is 1.03 bits per heavy atom. The molecule has 8 heteroatoms. The van der Waals surface area contributed by atoms with Gasteiger partial charge in [-0.2, -0.15) is 0 Å². The topological polar surface area (TPSA) is 93.0 Å². The Morgan fingerprint density at radius 3 is 2.58 bits per heavy atom. The summed E-state index contributed by atoms with van der Waals surface area (Å²) < 4.78 is 1.76. The lowest BCUT2D eigenvalue weighted by Gasteiger charge is -2.24. The quantitative estimate of drug-likeness (QED) is 0.501. The van der Waals surface area contributed by atoms with Gasteiger partial charge in [-0.1, -0.05) is 42.5 Å². The van der Waals surface area contributed by atoms with Crippen LogP contribution in [0.25, 0.3) is 11.0 Å². The Labute approximate surface area is 179 Å². The van der Waals surface area contributed by atoms with E-state index in [1.54, 1.807) is 24.1 Å². The fourth-order valence-corrected chi connectivity index (χ4v) is 3.39. The van der Waals surface area contributed by atoms with Gasteiger partial charge in [0.25, 0.3) is 5.91 Å². The van der Waals surface area contributed by atoms with Gasteiger partial charge in [-0.05, 0) is 17.7 Å². The van der Waals surface area contributed by atoms with E-state index < -0.39 is 6.04 Å². The number of hydrogen-bond donors (Lipinski definition) is 1. The zero-order chi connectivity index (χ0) is 21.6. The number of amides is 2. The molecule has 0 saturated carbocycles. The van der Waals surface area contributed by atoms with Gasteiger partial charge in [0.05, 0.1) is 23.6 Å². The summed E-state index contributed by atoms with van der Waals surface area (Å²) in [6.07, 6.45) is 6.57. The van der Waals surface area contributed by atoms with E-state index in [-0.39, 0.29) is 18.4 Å². The van der Waals surface area contributed by atoms with Crippen LogP contribution in [0.4, 0.5) is 5.82 Å². The molecule has 8 nitrogen and oxygen atoms in total. The van der Waals surface area contributed by atoms with E-state index in [0.717, 1.165) is 16.6 Å². The molecule has 2 heterocycles. The molecule has 0 fully saturated rings. The Balaban J connectivity index is 1.53. The number of rotatable bonds is 7. The van der Waals surface area contributed by atoms with Gasteiger partial charge in [0, 0.05) is 25.9 Å². The first-order valence-corrected chi connectivity index (χ1v) is 9.88. The van der Waals surface area contributed by atoms with Gasteiger partial charge in [0.2, 0.25) is 5.91 Å². The fraction of sp³-hybridized carbons (Fsp3) is 0.174. The molecule has 0 unspecified atom stereocenters. The molecule has 31 heavy (non-hydrogen) atoms. The summed E-state index contributed by atoms with van der Waals surface area (Å²) in [5.74, 6) is -0.126. The van der Waals surface area contributed by atoms with E-state index >= 15 is 0 Å². The van der Waals surface area contributed by atoms with E-state index in [0.29, 0.717) is 12.2 Å². The lowest BCUT2D eigenvalue weighted by molar-refractivity contribution is -0.127. The molecule has 2 aromatic carbocycles. The molecule has 0 bridgehead atoms. The summed E-state index contributed by atoms with van der Waals surface area (Å²) >= 11 is 0. The number of anilines is 1. The molecule has 0 saturated heterocycles. The Bertz CT molecular complexity index is 1180. The van der Waals surface area contributed by atoms with Crippen molar-refractivity contribution in [2.24, 2.45) is 0 Å². The van der Waals surface area contributed by atoms with Crippen LogP contribution in [0, 0.1) is 0 Å². The third-order valence-electron chi connectivity index (χ3n) is 4.98. The van der Waals surface area contributed by atoms with Crippen LogP contribution < -0.4 is 10.2 Å². The van der Waals surface area contributed by atoms with Crippen molar-refractivity contribution in [2.45, 2.75) is 19.0 Å². The third-order valence-corrected chi connectivity index (χ3v) is 4.98. The highest BCUT2D eigenvalue weighted by atomic mass is 16.2. The van der Waals surface area contributed by atoms with Crippen molar-refractivity contribution in [1.82, 2.24) is 24.8 Å². The molecule has 0 aliphatic rings. The number of nitrogens with one attached hydrogen (secondary N) is 1. The van der Waals surface area contributed by atoms with Crippen molar-refractivity contribution in [2.75, 3.05) is 11.9 Å². The second-order valence-corrected chi connectivity index (χ2v) is 7.13. The predicted octanol–water partition coefficient (Wildman–Crippen LogP) is 2.22. The molecular formula is C23H22N6O2. The molecule has 4 rings (SSSR count). The fourth-order valence-electron chi connectivity index (χ4n) is 3.39. The van der Waals surface area contributed by atoms with E-state index in [9.17, 15) is 9.59 Å². The number of imidazole rings is 1. The highest BCUT2D eigenvalue weighted by Crippen LogP contribution is 2.13. The molecule has 1 atom stereocenters. The number of carbonyl (C=O) groups excluding carboxylic acids is 2. The number of para-hydroxylation sites is 2. The summed E-state index contributed by atoms with van der Waals surface area (Å²) in [5.41, 5.74) is 2.62. The van der Waals surface area contributed by atoms with E-state index in [2.05, 4.69) is 20.3 Å². The average Bonchev–Trinajstić information content (AvgIpc) is 3.21. The highest BCUT2D eigenvalue weighted by Gasteiger charge is 2.26. The maximum atomic E-state index is 13.2. The Morgan fingerprint density at radius 2 is 1.81 bits per heavy atom. The standard InChI is InChI=1S/C23H22N6O2/c1-28(21-14-24-11-12-25-21)23(31)19(13-17-7-3-2-4-8-17)27-22(30)15-29-16-26-18-9-5-6-10-20(18)29/h2-12,14,16,19H,13,15H2,1H3,(H,27,30)/t19-/m0/s1. The summed E-state index contributed by atoms with van der Waals surface area (Å²) in [6.45, 7) is 0.0634. The Hall–Kier alpha value is -4.07. The van der Waals surface area contributed by atoms with Gasteiger partial charge in [-0.25, -0.2) is 9.97 Å². The van der Waals surface area contributed by atoms with Crippen LogP contribution in [0.5, 0.6) is 0 Å². The lowest BCUT2D eigenvalue weighted by Crippen LogP contribution is -2.49. The van der Waals surface area contributed by atoms with Gasteiger partial charge in [0.1, 0.15) is 12.6 Å². The van der Waals surface area contributed by atoms with Crippen LogP contribution in [-0.2, 0) is 22.6 Å². The van der Waals surface area contributed by atoms with Gasteiger partial charge in [-0.15, -0.1) is 0 Å². The summed E-state index contributed by atoms with van der Waals surface area (Å²) in [4.78, 5) is 40.0. The van der Waals surface area contributed by atoms with Gasteiger partial charge in [-0.3, -0.25) is 19.5 Å². The summed E-state index contributed by atoms with van der Waals surface area (Å²) in [6, 6.07) is 16.4. The van der Waals surface area contributed by atoms with Crippen LogP contribution in [0.1, 0.15) is 5.56 Å². The maximum Gasteiger partial charge on any atom is 0.250 e. The summed E-state index contributed by atoms with van der Waals surface area (Å²) in [7, 11) is 1.62. The van der Waals surface area contributed by atoms with Crippen molar-refractivity contribution in [1.29, 1.82) is 0 Å². The zero-order valence-corrected chi connectivity index (χ0v) is 17.0. The number of benzene rings is 2. The highest BCUT2D eigenvalue weighted by molar-refractivity contribution is 5.98. The first kappa shape index (κ1) is 20.2. The first-order chi connectivity index (χ1) is 15.1. The van der Waals surface area contributed by atoms with Gasteiger partial charge >= 0.3 is 0 Å². The van der Waals surface area contributed by atoms with Crippen LogP contribution in [0.3, 0.4) is 0 Å². The minimum Gasteiger partial charge on any atom is -0.342 e. The van der Waals surface area contributed by atoms with Crippen molar-refractivity contribution in [3.8, 4) is 0 Å². The molecule has 0 spiro atoms. The normalized spacial score (nSPS) is 11.8. The first-order valence-electron chi connectivity index (χ1n) is 9.88. The van der Waals surface area contributed by atoms with Crippen molar-refractivity contribution in [3.63, 3.8) is 0 Å². The SMILES string of the molecule is CN(C(=O)[C@H](Cc1ccccc1)NC(=O)Cn1cnc2ccccc21)c1cnccn1. The smallest absolute Gasteiger partial charge is 0.250 e. The van der Waals surface area contributed by atoms with E-state index in [4.69, 9.17) is 0 Å². The monoisotopic (exact) mass is 414 g/mol. The van der Waals surface area contributed by atoms with E-state index in [1.807, 2.05) is 54.6 Å². The largest absolute Gasteiger partial charge is 0.342 e. The second kappa shape index (κ2) is 9.17. The van der Waals surface area contributed by atoms with Crippen molar-refractivity contribution in [3.05, 3.63) is 85.1 Å². The van der Waals surface area contributed by atoms with Gasteiger partial charge < -0.3 is 9.88 Å². The molecule has 156 valence electrons. The molecule has 2 amide bonds. The molecular weight excluding hydrogens is 392 g/mol. The van der Waals surface area contributed by atoms with Crippen LogP contribution in [0.2, 0.25) is 0 Å². The number of carbonyl (C=O) groups is 2. The number of nitrogens with zero attached hydrogens (tertiary/aromatic N) is 5.